The Hall–Kier alpha value is -0.840. The van der Waals surface area contributed by atoms with E-state index in [1.165, 1.54) is 0 Å². The molecule has 0 unspecified atom stereocenters. The van der Waals surface area contributed by atoms with Gasteiger partial charge in [0.05, 0.1) is 6.61 Å². The van der Waals surface area contributed by atoms with Crippen molar-refractivity contribution in [3.05, 3.63) is 15.9 Å². The minimum absolute atomic E-state index is 0.359. The maximum atomic E-state index is 11.5. The molecule has 4 nitrogen and oxygen atoms in total. The van der Waals surface area contributed by atoms with E-state index in [0.717, 1.165) is 18.5 Å². The van der Waals surface area contributed by atoms with Crippen molar-refractivity contribution in [1.29, 1.82) is 0 Å². The minimum Gasteiger partial charge on any atom is -0.462 e. The van der Waals surface area contributed by atoms with Gasteiger partial charge < -0.3 is 9.26 Å². The van der Waals surface area contributed by atoms with Gasteiger partial charge in [-0.25, -0.2) is 4.79 Å². The van der Waals surface area contributed by atoms with E-state index in [0.29, 0.717) is 22.8 Å². The van der Waals surface area contributed by atoms with Crippen molar-refractivity contribution in [2.45, 2.75) is 25.7 Å². The number of nitrogens with zero attached hydrogens (tertiary/aromatic N) is 1. The van der Waals surface area contributed by atoms with Crippen LogP contribution in [0.15, 0.2) is 9.19 Å². The van der Waals surface area contributed by atoms with E-state index in [1.807, 2.05) is 0 Å². The van der Waals surface area contributed by atoms with Gasteiger partial charge in [0, 0.05) is 5.92 Å². The second kappa shape index (κ2) is 3.73. The van der Waals surface area contributed by atoms with Crippen molar-refractivity contribution in [2.75, 3.05) is 6.61 Å². The molecule has 0 radical (unpaired) electrons. The molecule has 1 aromatic rings. The van der Waals surface area contributed by atoms with Gasteiger partial charge >= 0.3 is 5.97 Å². The molecule has 0 amide bonds. The number of halogens is 1. The van der Waals surface area contributed by atoms with Gasteiger partial charge in [-0.3, -0.25) is 0 Å². The van der Waals surface area contributed by atoms with E-state index in [-0.39, 0.29) is 5.97 Å². The third kappa shape index (κ3) is 1.68. The van der Waals surface area contributed by atoms with Crippen molar-refractivity contribution in [2.24, 2.45) is 0 Å². The Morgan fingerprint density at radius 1 is 1.71 bits per heavy atom. The molecule has 5 heteroatoms. The van der Waals surface area contributed by atoms with Gasteiger partial charge in [0.25, 0.3) is 0 Å². The Morgan fingerprint density at radius 2 is 2.43 bits per heavy atom. The quantitative estimate of drug-likeness (QED) is 0.783. The fourth-order valence-electron chi connectivity index (χ4n) is 1.30. The SMILES string of the molecule is CCOC(=O)c1c(C2CC2)noc1Br. The molecule has 0 aliphatic heterocycles. The fourth-order valence-corrected chi connectivity index (χ4v) is 1.74. The van der Waals surface area contributed by atoms with Crippen LogP contribution in [-0.2, 0) is 4.74 Å². The Labute approximate surface area is 89.7 Å². The highest BCUT2D eigenvalue weighted by Gasteiger charge is 2.34. The van der Waals surface area contributed by atoms with Gasteiger partial charge in [-0.05, 0) is 35.7 Å². The first-order valence-corrected chi connectivity index (χ1v) is 5.35. The van der Waals surface area contributed by atoms with Crippen LogP contribution >= 0.6 is 15.9 Å². The van der Waals surface area contributed by atoms with Crippen molar-refractivity contribution in [3.63, 3.8) is 0 Å². The lowest BCUT2D eigenvalue weighted by atomic mass is 10.2. The molecule has 1 heterocycles. The Bertz CT molecular complexity index is 357. The van der Waals surface area contributed by atoms with Crippen molar-refractivity contribution < 1.29 is 14.1 Å². The smallest absolute Gasteiger partial charge is 0.344 e. The van der Waals surface area contributed by atoms with Crippen molar-refractivity contribution in [1.82, 2.24) is 5.16 Å². The molecule has 76 valence electrons. The standard InChI is InChI=1S/C9H10BrNO3/c1-2-13-9(12)6-7(5-3-4-5)11-14-8(6)10/h5H,2-4H2,1H3. The molecule has 1 fully saturated rings. The Kier molecular flexibility index (Phi) is 2.58. The average molecular weight is 260 g/mol. The zero-order valence-corrected chi connectivity index (χ0v) is 9.33. The fraction of sp³-hybridized carbons (Fsp3) is 0.556. The summed E-state index contributed by atoms with van der Waals surface area (Å²) in [7, 11) is 0. The molecule has 1 saturated carbocycles. The van der Waals surface area contributed by atoms with E-state index >= 15 is 0 Å². The maximum Gasteiger partial charge on any atom is 0.344 e. The van der Waals surface area contributed by atoms with Gasteiger partial charge in [-0.15, -0.1) is 0 Å². The molecular formula is C9H10BrNO3. The number of esters is 1. The third-order valence-electron chi connectivity index (χ3n) is 2.12. The second-order valence-electron chi connectivity index (χ2n) is 3.21. The zero-order chi connectivity index (χ0) is 10.1. The third-order valence-corrected chi connectivity index (χ3v) is 2.66. The van der Waals surface area contributed by atoms with Crippen LogP contribution in [0.5, 0.6) is 0 Å². The number of hydrogen-bond acceptors (Lipinski definition) is 4. The zero-order valence-electron chi connectivity index (χ0n) is 7.75. The van der Waals surface area contributed by atoms with E-state index in [9.17, 15) is 4.79 Å². The van der Waals surface area contributed by atoms with E-state index in [1.54, 1.807) is 6.92 Å². The van der Waals surface area contributed by atoms with Crippen LogP contribution in [0, 0.1) is 0 Å². The van der Waals surface area contributed by atoms with Crippen LogP contribution in [-0.4, -0.2) is 17.7 Å². The summed E-state index contributed by atoms with van der Waals surface area (Å²) in [5.74, 6) is 0.0204. The molecule has 0 saturated heterocycles. The van der Waals surface area contributed by atoms with Crippen LogP contribution in [0.1, 0.15) is 41.7 Å². The summed E-state index contributed by atoms with van der Waals surface area (Å²) in [6, 6.07) is 0. The monoisotopic (exact) mass is 259 g/mol. The summed E-state index contributed by atoms with van der Waals surface area (Å²) in [5, 5.41) is 3.86. The first-order valence-electron chi connectivity index (χ1n) is 4.56. The Balaban J connectivity index is 2.29. The lowest BCUT2D eigenvalue weighted by Crippen LogP contribution is -2.06. The van der Waals surface area contributed by atoms with Gasteiger partial charge in [0.1, 0.15) is 11.3 Å². The molecule has 1 aliphatic rings. The van der Waals surface area contributed by atoms with Gasteiger partial charge in [0.15, 0.2) is 0 Å². The molecule has 0 bridgehead atoms. The molecule has 0 N–H and O–H groups in total. The second-order valence-corrected chi connectivity index (χ2v) is 3.93. The summed E-state index contributed by atoms with van der Waals surface area (Å²) >= 11 is 3.15. The Morgan fingerprint density at radius 3 is 3.00 bits per heavy atom. The highest BCUT2D eigenvalue weighted by molar-refractivity contribution is 9.10. The lowest BCUT2D eigenvalue weighted by Gasteiger charge is -1.99. The number of rotatable bonds is 3. The molecule has 14 heavy (non-hydrogen) atoms. The van der Waals surface area contributed by atoms with Crippen molar-refractivity contribution >= 4 is 21.9 Å². The van der Waals surface area contributed by atoms with E-state index in [4.69, 9.17) is 9.26 Å². The molecule has 0 atom stereocenters. The van der Waals surface area contributed by atoms with Gasteiger partial charge in [0.2, 0.25) is 4.67 Å². The first kappa shape index (κ1) is 9.71. The van der Waals surface area contributed by atoms with Crippen LogP contribution in [0.4, 0.5) is 0 Å². The number of carbonyl (C=O) groups excluding carboxylic acids is 1. The van der Waals surface area contributed by atoms with Crippen LogP contribution < -0.4 is 0 Å². The first-order chi connectivity index (χ1) is 6.74. The molecule has 1 aliphatic carbocycles. The summed E-state index contributed by atoms with van der Waals surface area (Å²) in [5.41, 5.74) is 1.18. The minimum atomic E-state index is -0.359. The summed E-state index contributed by atoms with van der Waals surface area (Å²) in [4.78, 5) is 11.5. The van der Waals surface area contributed by atoms with Crippen LogP contribution in [0.3, 0.4) is 0 Å². The molecule has 1 aromatic heterocycles. The lowest BCUT2D eigenvalue weighted by molar-refractivity contribution is 0.0523. The predicted octanol–water partition coefficient (Wildman–Crippen LogP) is 2.49. The number of ether oxygens (including phenoxy) is 1. The molecule has 0 spiro atoms. The van der Waals surface area contributed by atoms with Gasteiger partial charge in [-0.2, -0.15) is 0 Å². The maximum absolute atomic E-state index is 11.5. The van der Waals surface area contributed by atoms with Gasteiger partial charge in [-0.1, -0.05) is 5.16 Å². The topological polar surface area (TPSA) is 52.3 Å². The summed E-state index contributed by atoms with van der Waals surface area (Å²) < 4.78 is 10.2. The van der Waals surface area contributed by atoms with Crippen LogP contribution in [0.2, 0.25) is 0 Å². The van der Waals surface area contributed by atoms with E-state index in [2.05, 4.69) is 21.1 Å². The van der Waals surface area contributed by atoms with Crippen LogP contribution in [0.25, 0.3) is 0 Å². The highest BCUT2D eigenvalue weighted by Crippen LogP contribution is 2.42. The number of carbonyl (C=O) groups is 1. The molecular weight excluding hydrogens is 250 g/mol. The predicted molar refractivity (Wildman–Crippen MR) is 52.1 cm³/mol. The summed E-state index contributed by atoms with van der Waals surface area (Å²) in [6.07, 6.45) is 2.15. The normalized spacial score (nSPS) is 15.6. The molecule has 0 aromatic carbocycles. The average Bonchev–Trinajstić information content (AvgIpc) is 2.90. The van der Waals surface area contributed by atoms with Crippen molar-refractivity contribution in [3.8, 4) is 0 Å². The number of hydrogen-bond donors (Lipinski definition) is 0. The largest absolute Gasteiger partial charge is 0.462 e. The van der Waals surface area contributed by atoms with E-state index < -0.39 is 0 Å². The highest BCUT2D eigenvalue weighted by atomic mass is 79.9. The number of aromatic nitrogens is 1. The summed E-state index contributed by atoms with van der Waals surface area (Å²) in [6.45, 7) is 2.14. The molecule has 2 rings (SSSR count).